The number of carbonyl (C=O) groups excluding carboxylic acids is 2. The smallest absolute Gasteiger partial charge is 0.268 e. The van der Waals surface area contributed by atoms with Gasteiger partial charge >= 0.3 is 0 Å². The van der Waals surface area contributed by atoms with Crippen LogP contribution >= 0.6 is 0 Å². The number of hydrogen-bond donors (Lipinski definition) is 4. The van der Waals surface area contributed by atoms with Crippen molar-refractivity contribution in [2.45, 2.75) is 64.6 Å². The SMILES string of the molecule is CC(C)CC(C#N)NC(=O)[C@@H]1CCCC[C@@H]1NC(=O)c1cc2ccccc2n1CCNCCO. The first kappa shape index (κ1) is 25.7. The average molecular weight is 468 g/mol. The summed E-state index contributed by atoms with van der Waals surface area (Å²) in [4.78, 5) is 26.4. The van der Waals surface area contributed by atoms with Crippen LogP contribution in [0.5, 0.6) is 0 Å². The normalized spacial score (nSPS) is 19.0. The number of para-hydroxylation sites is 1. The quantitative estimate of drug-likeness (QED) is 0.379. The van der Waals surface area contributed by atoms with E-state index in [-0.39, 0.29) is 30.4 Å². The Balaban J connectivity index is 1.75. The number of fused-ring (bicyclic) bond motifs is 1. The monoisotopic (exact) mass is 467 g/mol. The fourth-order valence-electron chi connectivity index (χ4n) is 4.79. The molecule has 1 unspecified atom stereocenters. The van der Waals surface area contributed by atoms with E-state index in [1.807, 2.05) is 48.7 Å². The molecule has 0 spiro atoms. The summed E-state index contributed by atoms with van der Waals surface area (Å²) in [7, 11) is 0. The third-order valence-electron chi connectivity index (χ3n) is 6.44. The molecule has 3 atom stereocenters. The van der Waals surface area contributed by atoms with Gasteiger partial charge < -0.3 is 25.6 Å². The second kappa shape index (κ2) is 12.5. The van der Waals surface area contributed by atoms with E-state index >= 15 is 0 Å². The number of amides is 2. The maximum absolute atomic E-state index is 13.4. The molecule has 8 heteroatoms. The molecule has 0 saturated heterocycles. The standard InChI is InChI=1S/C26H37N5O3/c1-18(2)15-20(17-27)29-25(33)21-8-4-5-9-22(21)30-26(34)24-16-19-7-3-6-10-23(19)31(24)13-11-28-12-14-32/h3,6-7,10,16,18,20-22,28,32H,4-5,8-9,11-15H2,1-2H3,(H,29,33)(H,30,34)/t20?,21-,22+/m1/s1. The molecule has 8 nitrogen and oxygen atoms in total. The molecule has 3 rings (SSSR count). The van der Waals surface area contributed by atoms with Crippen molar-refractivity contribution in [2.75, 3.05) is 19.7 Å². The van der Waals surface area contributed by atoms with Crippen molar-refractivity contribution in [3.63, 3.8) is 0 Å². The molecule has 1 aromatic heterocycles. The molecule has 1 saturated carbocycles. The van der Waals surface area contributed by atoms with Crippen LogP contribution in [0, 0.1) is 23.2 Å². The highest BCUT2D eigenvalue weighted by atomic mass is 16.3. The minimum absolute atomic E-state index is 0.0642. The van der Waals surface area contributed by atoms with Crippen molar-refractivity contribution in [1.29, 1.82) is 5.26 Å². The minimum atomic E-state index is -0.514. The lowest BCUT2D eigenvalue weighted by Gasteiger charge is -2.32. The van der Waals surface area contributed by atoms with Gasteiger partial charge in [0.15, 0.2) is 0 Å². The molecule has 184 valence electrons. The van der Waals surface area contributed by atoms with E-state index in [2.05, 4.69) is 22.0 Å². The van der Waals surface area contributed by atoms with Crippen LogP contribution in [0.2, 0.25) is 0 Å². The van der Waals surface area contributed by atoms with Gasteiger partial charge in [0.1, 0.15) is 11.7 Å². The average Bonchev–Trinajstić information content (AvgIpc) is 3.20. The molecule has 1 fully saturated rings. The van der Waals surface area contributed by atoms with Gasteiger partial charge in [0.05, 0.1) is 18.6 Å². The largest absolute Gasteiger partial charge is 0.395 e. The molecular formula is C26H37N5O3. The van der Waals surface area contributed by atoms with Gasteiger partial charge in [0, 0.05) is 36.6 Å². The molecule has 4 N–H and O–H groups in total. The van der Waals surface area contributed by atoms with Crippen LogP contribution in [0.25, 0.3) is 10.9 Å². The number of nitrogens with zero attached hydrogens (tertiary/aromatic N) is 2. The molecule has 0 aliphatic heterocycles. The molecule has 0 bridgehead atoms. The molecule has 1 heterocycles. The number of aliphatic hydroxyl groups excluding tert-OH is 1. The summed E-state index contributed by atoms with van der Waals surface area (Å²) < 4.78 is 1.99. The summed E-state index contributed by atoms with van der Waals surface area (Å²) >= 11 is 0. The summed E-state index contributed by atoms with van der Waals surface area (Å²) in [6, 6.07) is 11.2. The molecular weight excluding hydrogens is 430 g/mol. The van der Waals surface area contributed by atoms with Crippen molar-refractivity contribution >= 4 is 22.7 Å². The van der Waals surface area contributed by atoms with Gasteiger partial charge in [-0.15, -0.1) is 0 Å². The first-order valence-corrected chi connectivity index (χ1v) is 12.3. The molecule has 1 aliphatic carbocycles. The lowest BCUT2D eigenvalue weighted by Crippen LogP contribution is -2.50. The van der Waals surface area contributed by atoms with Crippen molar-refractivity contribution in [1.82, 2.24) is 20.5 Å². The Hall–Kier alpha value is -2.89. The zero-order valence-corrected chi connectivity index (χ0v) is 20.2. The van der Waals surface area contributed by atoms with Gasteiger partial charge in [-0.3, -0.25) is 9.59 Å². The van der Waals surface area contributed by atoms with Crippen molar-refractivity contribution < 1.29 is 14.7 Å². The predicted molar refractivity (Wildman–Crippen MR) is 132 cm³/mol. The maximum atomic E-state index is 13.4. The molecule has 1 aliphatic rings. The third kappa shape index (κ3) is 6.58. The Bertz CT molecular complexity index is 1010. The molecule has 2 amide bonds. The van der Waals surface area contributed by atoms with E-state index in [0.29, 0.717) is 44.1 Å². The number of nitriles is 1. The Morgan fingerprint density at radius 3 is 2.71 bits per heavy atom. The van der Waals surface area contributed by atoms with E-state index in [1.54, 1.807) is 0 Å². The number of carbonyl (C=O) groups is 2. The first-order valence-electron chi connectivity index (χ1n) is 12.3. The van der Waals surface area contributed by atoms with Crippen LogP contribution in [-0.2, 0) is 11.3 Å². The fourth-order valence-corrected chi connectivity index (χ4v) is 4.79. The molecule has 34 heavy (non-hydrogen) atoms. The minimum Gasteiger partial charge on any atom is -0.395 e. The van der Waals surface area contributed by atoms with E-state index in [9.17, 15) is 14.9 Å². The van der Waals surface area contributed by atoms with Crippen LogP contribution in [0.1, 0.15) is 56.4 Å². The number of benzene rings is 1. The molecule has 2 aromatic rings. The summed E-state index contributed by atoms with van der Waals surface area (Å²) in [5, 5.41) is 28.6. The number of aliphatic hydroxyl groups is 1. The number of rotatable bonds is 11. The maximum Gasteiger partial charge on any atom is 0.268 e. The lowest BCUT2D eigenvalue weighted by molar-refractivity contribution is -0.127. The van der Waals surface area contributed by atoms with Gasteiger partial charge in [-0.1, -0.05) is 44.9 Å². The van der Waals surface area contributed by atoms with E-state index < -0.39 is 6.04 Å². The third-order valence-corrected chi connectivity index (χ3v) is 6.44. The van der Waals surface area contributed by atoms with Gasteiger partial charge in [0.2, 0.25) is 5.91 Å². The van der Waals surface area contributed by atoms with Gasteiger partial charge in [0.25, 0.3) is 5.91 Å². The van der Waals surface area contributed by atoms with Gasteiger partial charge in [-0.2, -0.15) is 5.26 Å². The van der Waals surface area contributed by atoms with Crippen molar-refractivity contribution in [2.24, 2.45) is 11.8 Å². The Morgan fingerprint density at radius 1 is 1.21 bits per heavy atom. The predicted octanol–water partition coefficient (Wildman–Crippen LogP) is 2.57. The number of nitrogens with one attached hydrogen (secondary N) is 3. The summed E-state index contributed by atoms with van der Waals surface area (Å²) in [6.07, 6.45) is 3.93. The highest BCUT2D eigenvalue weighted by Gasteiger charge is 2.33. The van der Waals surface area contributed by atoms with Gasteiger partial charge in [-0.05, 0) is 37.3 Å². The summed E-state index contributed by atoms with van der Waals surface area (Å²) in [5.41, 5.74) is 1.54. The number of hydrogen-bond acceptors (Lipinski definition) is 5. The van der Waals surface area contributed by atoms with Gasteiger partial charge in [-0.25, -0.2) is 0 Å². The zero-order chi connectivity index (χ0) is 24.5. The summed E-state index contributed by atoms with van der Waals surface area (Å²) in [6.45, 7) is 5.83. The summed E-state index contributed by atoms with van der Waals surface area (Å²) in [5.74, 6) is -0.377. The van der Waals surface area contributed by atoms with Crippen LogP contribution in [0.4, 0.5) is 0 Å². The topological polar surface area (TPSA) is 119 Å². The van der Waals surface area contributed by atoms with Crippen LogP contribution in [0.15, 0.2) is 30.3 Å². The first-order chi connectivity index (χ1) is 16.4. The molecule has 0 radical (unpaired) electrons. The second-order valence-corrected chi connectivity index (χ2v) is 9.50. The fraction of sp³-hybridized carbons (Fsp3) is 0.577. The Morgan fingerprint density at radius 2 is 1.97 bits per heavy atom. The van der Waals surface area contributed by atoms with Crippen LogP contribution < -0.4 is 16.0 Å². The van der Waals surface area contributed by atoms with E-state index in [4.69, 9.17) is 5.11 Å². The van der Waals surface area contributed by atoms with E-state index in [0.717, 1.165) is 30.2 Å². The lowest BCUT2D eigenvalue weighted by atomic mass is 9.83. The highest BCUT2D eigenvalue weighted by molar-refractivity contribution is 5.99. The van der Waals surface area contributed by atoms with Crippen LogP contribution in [-0.4, -0.2) is 53.3 Å². The Labute approximate surface area is 201 Å². The van der Waals surface area contributed by atoms with Crippen molar-refractivity contribution in [3.8, 4) is 6.07 Å². The van der Waals surface area contributed by atoms with Crippen LogP contribution in [0.3, 0.4) is 0 Å². The van der Waals surface area contributed by atoms with Crippen molar-refractivity contribution in [3.05, 3.63) is 36.0 Å². The molecule has 1 aromatic carbocycles. The Kier molecular flexibility index (Phi) is 9.49. The second-order valence-electron chi connectivity index (χ2n) is 9.50. The highest BCUT2D eigenvalue weighted by Crippen LogP contribution is 2.26. The number of aromatic nitrogens is 1. The van der Waals surface area contributed by atoms with E-state index in [1.165, 1.54) is 0 Å². The zero-order valence-electron chi connectivity index (χ0n) is 20.2.